The van der Waals surface area contributed by atoms with E-state index in [9.17, 15) is 24.5 Å². The molecule has 1 aliphatic rings. The molecule has 0 saturated carbocycles. The topological polar surface area (TPSA) is 128 Å². The number of anilines is 1. The first kappa shape index (κ1) is 26.8. The summed E-state index contributed by atoms with van der Waals surface area (Å²) in [6.45, 7) is 0.293. The van der Waals surface area contributed by atoms with E-state index < -0.39 is 22.8 Å². The lowest BCUT2D eigenvalue weighted by Crippen LogP contribution is -2.54. The van der Waals surface area contributed by atoms with Crippen LogP contribution in [-0.2, 0) is 16.2 Å². The summed E-state index contributed by atoms with van der Waals surface area (Å²) in [6, 6.07) is 21.3. The van der Waals surface area contributed by atoms with Crippen molar-refractivity contribution in [3.05, 3.63) is 109 Å². The van der Waals surface area contributed by atoms with Crippen LogP contribution in [0.25, 0.3) is 16.8 Å². The van der Waals surface area contributed by atoms with E-state index in [2.05, 4.69) is 27.9 Å². The van der Waals surface area contributed by atoms with E-state index in [1.165, 1.54) is 37.5 Å². The highest BCUT2D eigenvalue weighted by atomic mass is 127. The van der Waals surface area contributed by atoms with Gasteiger partial charge in [-0.1, -0.05) is 42.5 Å². The maximum atomic E-state index is 13.2. The smallest absolute Gasteiger partial charge is 0.335 e. The summed E-state index contributed by atoms with van der Waals surface area (Å²) in [5, 5.41) is 15.3. The van der Waals surface area contributed by atoms with E-state index in [0.717, 1.165) is 21.2 Å². The van der Waals surface area contributed by atoms with Gasteiger partial charge in [0.1, 0.15) is 12.2 Å². The van der Waals surface area contributed by atoms with E-state index in [1.54, 1.807) is 12.1 Å². The first-order chi connectivity index (χ1) is 19.3. The number of amides is 4. The highest BCUT2D eigenvalue weighted by molar-refractivity contribution is 14.1. The minimum Gasteiger partial charge on any atom is -0.493 e. The normalized spacial score (nSPS) is 14.4. The van der Waals surface area contributed by atoms with Gasteiger partial charge >= 0.3 is 6.03 Å². The number of rotatable bonds is 7. The maximum Gasteiger partial charge on any atom is 0.335 e. The first-order valence-electron chi connectivity index (χ1n) is 11.9. The Bertz CT molecular complexity index is 1710. The summed E-state index contributed by atoms with van der Waals surface area (Å²) in [5.41, 5.74) is 1.05. The molecule has 200 valence electrons. The van der Waals surface area contributed by atoms with Crippen LogP contribution in [0.4, 0.5) is 16.2 Å². The fraction of sp³-hybridized carbons (Fsp3) is 0.0690. The van der Waals surface area contributed by atoms with Gasteiger partial charge in [-0.25, -0.2) is 9.69 Å². The second-order valence-electron chi connectivity index (χ2n) is 8.69. The number of nitro benzene ring substituents is 1. The molecule has 5 rings (SSSR count). The molecule has 0 aliphatic carbocycles. The van der Waals surface area contributed by atoms with Crippen LogP contribution < -0.4 is 19.7 Å². The number of halogens is 1. The predicted molar refractivity (Wildman–Crippen MR) is 156 cm³/mol. The van der Waals surface area contributed by atoms with Gasteiger partial charge in [-0.05, 0) is 74.8 Å². The van der Waals surface area contributed by atoms with Crippen LogP contribution in [-0.4, -0.2) is 29.9 Å². The number of methoxy groups -OCH3 is 1. The van der Waals surface area contributed by atoms with E-state index in [1.807, 2.05) is 42.5 Å². The Morgan fingerprint density at radius 2 is 1.73 bits per heavy atom. The molecule has 10 nitrogen and oxygen atoms in total. The minimum atomic E-state index is -0.953. The zero-order valence-corrected chi connectivity index (χ0v) is 23.1. The lowest BCUT2D eigenvalue weighted by molar-refractivity contribution is -0.384. The van der Waals surface area contributed by atoms with Crippen molar-refractivity contribution in [1.29, 1.82) is 0 Å². The van der Waals surface area contributed by atoms with Gasteiger partial charge in [0.25, 0.3) is 17.5 Å². The number of non-ortho nitro benzene ring substituents is 1. The molecule has 4 amide bonds. The zero-order valence-electron chi connectivity index (χ0n) is 20.9. The SMILES string of the molecule is COc1cc(/C=C2\C(=O)NC(=O)N(c3ccc([N+](=O)[O-])cc3)C2=O)cc(I)c1OCc1cccc2ccccc12. The van der Waals surface area contributed by atoms with Crippen LogP contribution in [0, 0.1) is 13.7 Å². The molecule has 0 unspecified atom stereocenters. The second-order valence-corrected chi connectivity index (χ2v) is 9.85. The Kier molecular flexibility index (Phi) is 7.47. The van der Waals surface area contributed by atoms with E-state index >= 15 is 0 Å². The van der Waals surface area contributed by atoms with Gasteiger partial charge in [0.2, 0.25) is 0 Å². The van der Waals surface area contributed by atoms with Gasteiger partial charge in [0.15, 0.2) is 11.5 Å². The Morgan fingerprint density at radius 1 is 1.00 bits per heavy atom. The number of ether oxygens (including phenoxy) is 2. The number of carbonyl (C=O) groups excluding carboxylic acids is 3. The number of hydrogen-bond donors (Lipinski definition) is 1. The van der Waals surface area contributed by atoms with E-state index in [0.29, 0.717) is 27.2 Å². The molecule has 1 saturated heterocycles. The lowest BCUT2D eigenvalue weighted by atomic mass is 10.1. The summed E-state index contributed by atoms with van der Waals surface area (Å²) in [5.74, 6) is -0.836. The molecule has 0 aromatic heterocycles. The molecular weight excluding hydrogens is 629 g/mol. The summed E-state index contributed by atoms with van der Waals surface area (Å²) in [7, 11) is 1.49. The maximum absolute atomic E-state index is 13.2. The van der Waals surface area contributed by atoms with Gasteiger partial charge in [0.05, 0.1) is 21.3 Å². The summed E-state index contributed by atoms with van der Waals surface area (Å²) < 4.78 is 12.4. The van der Waals surface area contributed by atoms with Crippen LogP contribution in [0.2, 0.25) is 0 Å². The van der Waals surface area contributed by atoms with Gasteiger partial charge in [-0.2, -0.15) is 0 Å². The number of urea groups is 1. The van der Waals surface area contributed by atoms with Crippen molar-refractivity contribution >= 4 is 68.7 Å². The van der Waals surface area contributed by atoms with Crippen molar-refractivity contribution in [3.63, 3.8) is 0 Å². The number of barbiturate groups is 1. The van der Waals surface area contributed by atoms with Gasteiger partial charge < -0.3 is 9.47 Å². The monoisotopic (exact) mass is 649 g/mol. The number of fused-ring (bicyclic) bond motifs is 1. The van der Waals surface area contributed by atoms with Crippen LogP contribution in [0.1, 0.15) is 11.1 Å². The molecule has 1 N–H and O–H groups in total. The number of nitrogens with zero attached hydrogens (tertiary/aromatic N) is 2. The highest BCUT2D eigenvalue weighted by Crippen LogP contribution is 2.36. The van der Waals surface area contributed by atoms with Crippen molar-refractivity contribution in [1.82, 2.24) is 5.32 Å². The number of benzene rings is 4. The molecule has 0 radical (unpaired) electrons. The largest absolute Gasteiger partial charge is 0.493 e. The van der Waals surface area contributed by atoms with E-state index in [-0.39, 0.29) is 16.9 Å². The molecule has 1 fully saturated rings. The number of carbonyl (C=O) groups is 3. The van der Waals surface area contributed by atoms with Crippen LogP contribution in [0.5, 0.6) is 11.5 Å². The fourth-order valence-corrected chi connectivity index (χ4v) is 5.09. The third-order valence-electron chi connectivity index (χ3n) is 6.24. The molecule has 1 aliphatic heterocycles. The first-order valence-corrected chi connectivity index (χ1v) is 13.0. The molecule has 0 bridgehead atoms. The number of imide groups is 2. The Balaban J connectivity index is 1.43. The average Bonchev–Trinajstić information content (AvgIpc) is 2.94. The van der Waals surface area contributed by atoms with Crippen LogP contribution >= 0.6 is 22.6 Å². The zero-order chi connectivity index (χ0) is 28.4. The molecule has 4 aromatic rings. The van der Waals surface area contributed by atoms with Crippen molar-refractivity contribution in [2.45, 2.75) is 6.61 Å². The Morgan fingerprint density at radius 3 is 2.45 bits per heavy atom. The minimum absolute atomic E-state index is 0.0795. The Labute approximate surface area is 241 Å². The molecular formula is C29H20IN3O7. The molecule has 4 aromatic carbocycles. The molecule has 1 heterocycles. The van der Waals surface area contributed by atoms with Gasteiger partial charge in [-0.3, -0.25) is 25.0 Å². The number of nitro groups is 1. The predicted octanol–water partition coefficient (Wildman–Crippen LogP) is 5.61. The average molecular weight is 649 g/mol. The molecule has 0 spiro atoms. The Hall–Kier alpha value is -4.78. The van der Waals surface area contributed by atoms with Gasteiger partial charge in [0, 0.05) is 12.1 Å². The third-order valence-corrected chi connectivity index (χ3v) is 7.04. The molecule has 0 atom stereocenters. The lowest BCUT2D eigenvalue weighted by Gasteiger charge is -2.26. The highest BCUT2D eigenvalue weighted by Gasteiger charge is 2.37. The molecule has 40 heavy (non-hydrogen) atoms. The summed E-state index contributed by atoms with van der Waals surface area (Å²) in [6.07, 6.45) is 1.35. The van der Waals surface area contributed by atoms with Crippen molar-refractivity contribution in [2.75, 3.05) is 12.0 Å². The van der Waals surface area contributed by atoms with Crippen LogP contribution in [0.3, 0.4) is 0 Å². The van der Waals surface area contributed by atoms with E-state index in [4.69, 9.17) is 9.47 Å². The summed E-state index contributed by atoms with van der Waals surface area (Å²) >= 11 is 2.09. The van der Waals surface area contributed by atoms with Crippen molar-refractivity contribution < 1.29 is 28.8 Å². The number of hydrogen-bond acceptors (Lipinski definition) is 7. The van der Waals surface area contributed by atoms with Crippen molar-refractivity contribution in [2.24, 2.45) is 0 Å². The quantitative estimate of drug-likeness (QED) is 0.0907. The van der Waals surface area contributed by atoms with Crippen molar-refractivity contribution in [3.8, 4) is 11.5 Å². The second kappa shape index (κ2) is 11.1. The third kappa shape index (κ3) is 5.23. The fourth-order valence-electron chi connectivity index (χ4n) is 4.31. The molecule has 11 heteroatoms. The van der Waals surface area contributed by atoms with Crippen LogP contribution in [0.15, 0.2) is 84.4 Å². The summed E-state index contributed by atoms with van der Waals surface area (Å²) in [4.78, 5) is 49.4. The van der Waals surface area contributed by atoms with Gasteiger partial charge in [-0.15, -0.1) is 0 Å². The number of nitrogens with one attached hydrogen (secondary N) is 1. The standard InChI is InChI=1S/C29H20IN3O7/c1-39-25-15-17(14-24(30)26(25)40-16-19-7-4-6-18-5-2-3-8-22(18)19)13-23-27(34)31-29(36)32(28(23)35)20-9-11-21(12-10-20)33(37)38/h2-15H,16H2,1H3,(H,31,34,36)/b23-13+.